The Morgan fingerprint density at radius 1 is 1.43 bits per heavy atom. The number of thiazole rings is 1. The summed E-state index contributed by atoms with van der Waals surface area (Å²) >= 11 is 1.63. The second-order valence-electron chi connectivity index (χ2n) is 5.56. The SMILES string of the molecule is COc1cc2nc(C)sc2cc1NC(C)C(=O)N1CCOCC1. The van der Waals surface area contributed by atoms with Crippen molar-refractivity contribution in [2.45, 2.75) is 19.9 Å². The number of anilines is 1. The van der Waals surface area contributed by atoms with Crippen LogP contribution in [0.2, 0.25) is 0 Å². The summed E-state index contributed by atoms with van der Waals surface area (Å²) in [5.74, 6) is 0.778. The summed E-state index contributed by atoms with van der Waals surface area (Å²) < 4.78 is 11.8. The van der Waals surface area contributed by atoms with E-state index >= 15 is 0 Å². The Kier molecular flexibility index (Phi) is 4.68. The van der Waals surface area contributed by atoms with Crippen LogP contribution >= 0.6 is 11.3 Å². The predicted molar refractivity (Wildman–Crippen MR) is 91.4 cm³/mol. The van der Waals surface area contributed by atoms with Crippen LogP contribution in [0.15, 0.2) is 12.1 Å². The van der Waals surface area contributed by atoms with Crippen molar-refractivity contribution in [3.8, 4) is 5.75 Å². The number of amides is 1. The van der Waals surface area contributed by atoms with Crippen molar-refractivity contribution in [2.75, 3.05) is 38.7 Å². The first-order chi connectivity index (χ1) is 11.1. The van der Waals surface area contributed by atoms with Crippen molar-refractivity contribution in [3.63, 3.8) is 0 Å². The lowest BCUT2D eigenvalue weighted by molar-refractivity contribution is -0.135. The van der Waals surface area contributed by atoms with Gasteiger partial charge in [-0.05, 0) is 19.9 Å². The highest BCUT2D eigenvalue weighted by Crippen LogP contribution is 2.33. The van der Waals surface area contributed by atoms with E-state index < -0.39 is 0 Å². The van der Waals surface area contributed by atoms with E-state index in [9.17, 15) is 4.79 Å². The van der Waals surface area contributed by atoms with Gasteiger partial charge in [-0.2, -0.15) is 0 Å². The van der Waals surface area contributed by atoms with Crippen molar-refractivity contribution in [1.82, 2.24) is 9.88 Å². The molecular formula is C16H21N3O3S. The predicted octanol–water partition coefficient (Wildman–Crippen LogP) is 2.27. The normalized spacial score (nSPS) is 16.4. The third kappa shape index (κ3) is 3.40. The molecule has 1 amide bonds. The van der Waals surface area contributed by atoms with Crippen LogP contribution in [0.25, 0.3) is 10.2 Å². The Morgan fingerprint density at radius 3 is 2.87 bits per heavy atom. The number of rotatable bonds is 4. The van der Waals surface area contributed by atoms with Crippen molar-refractivity contribution in [3.05, 3.63) is 17.1 Å². The van der Waals surface area contributed by atoms with Crippen LogP contribution in [0.4, 0.5) is 5.69 Å². The molecule has 23 heavy (non-hydrogen) atoms. The molecular weight excluding hydrogens is 314 g/mol. The molecule has 124 valence electrons. The minimum absolute atomic E-state index is 0.0796. The van der Waals surface area contributed by atoms with Crippen LogP contribution in [0.1, 0.15) is 11.9 Å². The molecule has 1 aliphatic rings. The molecule has 0 aliphatic carbocycles. The van der Waals surface area contributed by atoms with Crippen LogP contribution in [0.5, 0.6) is 5.75 Å². The molecule has 0 bridgehead atoms. The maximum absolute atomic E-state index is 12.5. The molecule has 1 aliphatic heterocycles. The monoisotopic (exact) mass is 335 g/mol. The first kappa shape index (κ1) is 16.0. The molecule has 1 atom stereocenters. The zero-order chi connectivity index (χ0) is 16.4. The third-order valence-corrected chi connectivity index (χ3v) is 4.82. The van der Waals surface area contributed by atoms with Gasteiger partial charge in [-0.1, -0.05) is 0 Å². The van der Waals surface area contributed by atoms with E-state index in [0.717, 1.165) is 20.9 Å². The Balaban J connectivity index is 1.80. The molecule has 1 fully saturated rings. The number of nitrogens with zero attached hydrogens (tertiary/aromatic N) is 2. The quantitative estimate of drug-likeness (QED) is 0.929. The molecule has 1 aromatic carbocycles. The summed E-state index contributed by atoms with van der Waals surface area (Å²) in [6, 6.07) is 3.59. The van der Waals surface area contributed by atoms with E-state index in [1.807, 2.05) is 30.9 Å². The summed E-state index contributed by atoms with van der Waals surface area (Å²) in [6.07, 6.45) is 0. The lowest BCUT2D eigenvalue weighted by Crippen LogP contribution is -2.47. The molecule has 1 saturated heterocycles. The van der Waals surface area contributed by atoms with Gasteiger partial charge in [0.15, 0.2) is 0 Å². The first-order valence-corrected chi connectivity index (χ1v) is 8.48. The zero-order valence-electron chi connectivity index (χ0n) is 13.6. The topological polar surface area (TPSA) is 63.7 Å². The molecule has 1 unspecified atom stereocenters. The fourth-order valence-corrected chi connectivity index (χ4v) is 3.55. The van der Waals surface area contributed by atoms with Gasteiger partial charge in [0.1, 0.15) is 11.8 Å². The maximum Gasteiger partial charge on any atom is 0.244 e. The van der Waals surface area contributed by atoms with Crippen LogP contribution < -0.4 is 10.1 Å². The summed E-state index contributed by atoms with van der Waals surface area (Å²) in [5.41, 5.74) is 1.74. The van der Waals surface area contributed by atoms with Gasteiger partial charge in [0, 0.05) is 19.2 Å². The number of morpholine rings is 1. The minimum atomic E-state index is -0.325. The first-order valence-electron chi connectivity index (χ1n) is 7.66. The van der Waals surface area contributed by atoms with E-state index in [2.05, 4.69) is 10.3 Å². The number of ether oxygens (including phenoxy) is 2. The number of nitrogens with one attached hydrogen (secondary N) is 1. The molecule has 2 heterocycles. The Labute approximate surface area is 139 Å². The number of aromatic nitrogens is 1. The van der Waals surface area contributed by atoms with Crippen molar-refractivity contribution in [2.24, 2.45) is 0 Å². The fraction of sp³-hybridized carbons (Fsp3) is 0.500. The highest BCUT2D eigenvalue weighted by atomic mass is 32.1. The van der Waals surface area contributed by atoms with E-state index in [1.54, 1.807) is 18.4 Å². The average Bonchev–Trinajstić information content (AvgIpc) is 2.93. The second kappa shape index (κ2) is 6.72. The number of fused-ring (bicyclic) bond motifs is 1. The third-order valence-electron chi connectivity index (χ3n) is 3.88. The number of aryl methyl sites for hydroxylation is 1. The van der Waals surface area contributed by atoms with Crippen LogP contribution in [0, 0.1) is 6.92 Å². The molecule has 3 rings (SSSR count). The summed E-state index contributed by atoms with van der Waals surface area (Å²) in [4.78, 5) is 18.8. The molecule has 0 saturated carbocycles. The number of hydrogen-bond donors (Lipinski definition) is 1. The van der Waals surface area contributed by atoms with Gasteiger partial charge < -0.3 is 19.7 Å². The lowest BCUT2D eigenvalue weighted by atomic mass is 10.2. The number of carbonyl (C=O) groups is 1. The highest BCUT2D eigenvalue weighted by molar-refractivity contribution is 7.18. The van der Waals surface area contributed by atoms with Crippen LogP contribution in [0.3, 0.4) is 0 Å². The van der Waals surface area contributed by atoms with Gasteiger partial charge >= 0.3 is 0 Å². The average molecular weight is 335 g/mol. The van der Waals surface area contributed by atoms with Crippen molar-refractivity contribution in [1.29, 1.82) is 0 Å². The molecule has 1 aromatic heterocycles. The summed E-state index contributed by atoms with van der Waals surface area (Å²) in [7, 11) is 1.63. The molecule has 0 radical (unpaired) electrons. The largest absolute Gasteiger partial charge is 0.495 e. The maximum atomic E-state index is 12.5. The lowest BCUT2D eigenvalue weighted by Gasteiger charge is -2.30. The van der Waals surface area contributed by atoms with Crippen LogP contribution in [-0.4, -0.2) is 55.2 Å². The molecule has 0 spiro atoms. The Hall–Kier alpha value is -1.86. The molecule has 6 nitrogen and oxygen atoms in total. The van der Waals surface area contributed by atoms with E-state index in [4.69, 9.17) is 9.47 Å². The van der Waals surface area contributed by atoms with Gasteiger partial charge in [0.05, 0.1) is 41.2 Å². The van der Waals surface area contributed by atoms with Gasteiger partial charge in [-0.15, -0.1) is 11.3 Å². The standard InChI is InChI=1S/C16H21N3O3S/c1-10(16(20)19-4-6-22-7-5-19)17-12-9-15-13(8-14(12)21-3)18-11(2)23-15/h8-10,17H,4-7H2,1-3H3. The Bertz CT molecular complexity index is 710. The van der Waals surface area contributed by atoms with Gasteiger partial charge in [-0.3, -0.25) is 4.79 Å². The molecule has 2 aromatic rings. The summed E-state index contributed by atoms with van der Waals surface area (Å²) in [5, 5.41) is 4.29. The second-order valence-corrected chi connectivity index (χ2v) is 6.79. The molecule has 7 heteroatoms. The fourth-order valence-electron chi connectivity index (χ4n) is 2.70. The van der Waals surface area contributed by atoms with Crippen LogP contribution in [-0.2, 0) is 9.53 Å². The van der Waals surface area contributed by atoms with Gasteiger partial charge in [0.25, 0.3) is 0 Å². The van der Waals surface area contributed by atoms with E-state index in [-0.39, 0.29) is 11.9 Å². The Morgan fingerprint density at radius 2 is 2.17 bits per heavy atom. The van der Waals surface area contributed by atoms with Gasteiger partial charge in [0.2, 0.25) is 5.91 Å². The number of hydrogen-bond acceptors (Lipinski definition) is 6. The van der Waals surface area contributed by atoms with E-state index in [1.165, 1.54) is 0 Å². The van der Waals surface area contributed by atoms with Crippen molar-refractivity contribution >= 4 is 33.1 Å². The molecule has 1 N–H and O–H groups in total. The smallest absolute Gasteiger partial charge is 0.244 e. The number of benzene rings is 1. The van der Waals surface area contributed by atoms with Crippen molar-refractivity contribution < 1.29 is 14.3 Å². The van der Waals surface area contributed by atoms with Gasteiger partial charge in [-0.25, -0.2) is 4.98 Å². The zero-order valence-corrected chi connectivity index (χ0v) is 14.4. The number of carbonyl (C=O) groups excluding carboxylic acids is 1. The van der Waals surface area contributed by atoms with E-state index in [0.29, 0.717) is 32.1 Å². The minimum Gasteiger partial charge on any atom is -0.495 e. The highest BCUT2D eigenvalue weighted by Gasteiger charge is 2.23. The summed E-state index contributed by atoms with van der Waals surface area (Å²) in [6.45, 7) is 6.36. The number of methoxy groups -OCH3 is 1.